The Kier molecular flexibility index (Phi) is 6.75. The molecule has 2 fully saturated rings. The van der Waals surface area contributed by atoms with Gasteiger partial charge in [0.25, 0.3) is 5.91 Å². The Morgan fingerprint density at radius 2 is 2.03 bits per heavy atom. The van der Waals surface area contributed by atoms with Crippen molar-refractivity contribution in [3.63, 3.8) is 0 Å². The highest BCUT2D eigenvalue weighted by Crippen LogP contribution is 2.36. The van der Waals surface area contributed by atoms with E-state index in [1.165, 1.54) is 5.56 Å². The molecule has 1 N–H and O–H groups in total. The topological polar surface area (TPSA) is 58.6 Å². The fourth-order valence-electron chi connectivity index (χ4n) is 4.80. The van der Waals surface area contributed by atoms with Crippen LogP contribution in [0.4, 0.5) is 0 Å². The quantitative estimate of drug-likeness (QED) is 0.675. The molecule has 4 rings (SSSR count). The van der Waals surface area contributed by atoms with Gasteiger partial charge in [0.15, 0.2) is 0 Å². The summed E-state index contributed by atoms with van der Waals surface area (Å²) in [5, 5.41) is 2.99. The molecule has 0 aliphatic carbocycles. The van der Waals surface area contributed by atoms with Crippen LogP contribution in [-0.2, 0) is 20.7 Å². The summed E-state index contributed by atoms with van der Waals surface area (Å²) >= 11 is 0. The Morgan fingerprint density at radius 1 is 1.22 bits per heavy atom. The first-order valence-corrected chi connectivity index (χ1v) is 11.5. The molecular formula is C27H32N2O3. The standard InChI is InChI=1S/C27H32N2O3/c1-3-14-28-26(31)27(13-15-29(19-27)25(30)24-8-5-16-32-24)18-21-6-4-7-23(17-21)22-11-9-20(2)10-12-22/h3-4,6-7,9-12,17,24H,1,5,8,13-16,18-19H2,2H3,(H,28,31)/t24-,27+/m1/s1. The summed E-state index contributed by atoms with van der Waals surface area (Å²) in [4.78, 5) is 28.1. The number of aryl methyl sites for hydroxylation is 1. The molecule has 0 spiro atoms. The number of carbonyl (C=O) groups excluding carboxylic acids is 2. The van der Waals surface area contributed by atoms with Gasteiger partial charge in [-0.05, 0) is 49.3 Å². The van der Waals surface area contributed by atoms with Crippen LogP contribution in [0.1, 0.15) is 30.4 Å². The molecule has 5 heteroatoms. The molecule has 32 heavy (non-hydrogen) atoms. The smallest absolute Gasteiger partial charge is 0.251 e. The summed E-state index contributed by atoms with van der Waals surface area (Å²) < 4.78 is 5.61. The maximum atomic E-state index is 13.3. The van der Waals surface area contributed by atoms with Gasteiger partial charge in [0.1, 0.15) is 6.10 Å². The fraction of sp³-hybridized carbons (Fsp3) is 0.407. The van der Waals surface area contributed by atoms with Gasteiger partial charge in [-0.25, -0.2) is 0 Å². The van der Waals surface area contributed by atoms with E-state index in [2.05, 4.69) is 61.3 Å². The van der Waals surface area contributed by atoms with Crippen molar-refractivity contribution >= 4 is 11.8 Å². The van der Waals surface area contributed by atoms with Crippen LogP contribution in [0.15, 0.2) is 61.2 Å². The molecule has 0 aromatic heterocycles. The zero-order valence-electron chi connectivity index (χ0n) is 18.8. The Balaban J connectivity index is 1.57. The first-order valence-electron chi connectivity index (χ1n) is 11.5. The number of hydrogen-bond acceptors (Lipinski definition) is 3. The zero-order chi connectivity index (χ0) is 22.6. The Labute approximate surface area is 190 Å². The molecule has 5 nitrogen and oxygen atoms in total. The van der Waals surface area contributed by atoms with Crippen LogP contribution in [0.5, 0.6) is 0 Å². The summed E-state index contributed by atoms with van der Waals surface area (Å²) in [5.41, 5.74) is 3.97. The monoisotopic (exact) mass is 432 g/mol. The van der Waals surface area contributed by atoms with E-state index in [9.17, 15) is 9.59 Å². The molecule has 2 atom stereocenters. The van der Waals surface area contributed by atoms with Crippen molar-refractivity contribution in [2.45, 2.75) is 38.7 Å². The second-order valence-electron chi connectivity index (χ2n) is 9.03. The minimum atomic E-state index is -0.650. The van der Waals surface area contributed by atoms with E-state index in [1.54, 1.807) is 6.08 Å². The molecule has 2 amide bonds. The van der Waals surface area contributed by atoms with E-state index in [0.29, 0.717) is 39.1 Å². The highest BCUT2D eigenvalue weighted by molar-refractivity contribution is 5.87. The largest absolute Gasteiger partial charge is 0.368 e. The van der Waals surface area contributed by atoms with Crippen molar-refractivity contribution in [1.82, 2.24) is 10.2 Å². The van der Waals surface area contributed by atoms with Crippen molar-refractivity contribution in [2.75, 3.05) is 26.2 Å². The van der Waals surface area contributed by atoms with Crippen LogP contribution in [-0.4, -0.2) is 49.1 Å². The first kappa shape index (κ1) is 22.3. The van der Waals surface area contributed by atoms with Gasteiger partial charge in [-0.15, -0.1) is 6.58 Å². The molecule has 2 heterocycles. The average Bonchev–Trinajstić information content (AvgIpc) is 3.49. The number of nitrogens with one attached hydrogen (secondary N) is 1. The normalized spacial score (nSPS) is 22.7. The van der Waals surface area contributed by atoms with Crippen LogP contribution in [0.3, 0.4) is 0 Å². The van der Waals surface area contributed by atoms with E-state index in [0.717, 1.165) is 29.5 Å². The minimum absolute atomic E-state index is 0.0132. The molecule has 2 aliphatic rings. The van der Waals surface area contributed by atoms with E-state index < -0.39 is 5.41 Å². The Hall–Kier alpha value is -2.92. The summed E-state index contributed by atoms with van der Waals surface area (Å²) in [7, 11) is 0. The number of likely N-dealkylation sites (tertiary alicyclic amines) is 1. The summed E-state index contributed by atoms with van der Waals surface area (Å²) in [5.74, 6) is 0.00933. The molecule has 2 aliphatic heterocycles. The third kappa shape index (κ3) is 4.78. The predicted octanol–water partition coefficient (Wildman–Crippen LogP) is 3.90. The van der Waals surface area contributed by atoms with E-state index in [4.69, 9.17) is 4.74 Å². The van der Waals surface area contributed by atoms with Gasteiger partial charge in [0.05, 0.1) is 5.41 Å². The molecule has 0 radical (unpaired) electrons. The lowest BCUT2D eigenvalue weighted by molar-refractivity contribution is -0.141. The van der Waals surface area contributed by atoms with Crippen LogP contribution >= 0.6 is 0 Å². The van der Waals surface area contributed by atoms with Crippen LogP contribution < -0.4 is 5.32 Å². The average molecular weight is 433 g/mol. The van der Waals surface area contributed by atoms with Gasteiger partial charge in [-0.2, -0.15) is 0 Å². The molecular weight excluding hydrogens is 400 g/mol. The van der Waals surface area contributed by atoms with Crippen LogP contribution in [0.2, 0.25) is 0 Å². The van der Waals surface area contributed by atoms with Gasteiger partial charge in [-0.1, -0.05) is 60.2 Å². The molecule has 2 aromatic rings. The lowest BCUT2D eigenvalue weighted by Crippen LogP contribution is -2.46. The van der Waals surface area contributed by atoms with Gasteiger partial charge in [0, 0.05) is 26.2 Å². The van der Waals surface area contributed by atoms with Crippen molar-refractivity contribution in [3.8, 4) is 11.1 Å². The third-order valence-corrected chi connectivity index (χ3v) is 6.61. The molecule has 2 aromatic carbocycles. The summed E-state index contributed by atoms with van der Waals surface area (Å²) in [6.07, 6.45) is 4.25. The number of amides is 2. The highest BCUT2D eigenvalue weighted by atomic mass is 16.5. The number of carbonyl (C=O) groups is 2. The number of benzene rings is 2. The second-order valence-corrected chi connectivity index (χ2v) is 9.03. The lowest BCUT2D eigenvalue weighted by Gasteiger charge is -2.29. The maximum Gasteiger partial charge on any atom is 0.251 e. The lowest BCUT2D eigenvalue weighted by atomic mass is 9.79. The van der Waals surface area contributed by atoms with Crippen LogP contribution in [0, 0.1) is 12.3 Å². The SMILES string of the molecule is C=CCNC(=O)[C@]1(Cc2cccc(-c3ccc(C)cc3)c2)CCN(C(=O)[C@H]2CCCO2)C1. The number of rotatable bonds is 7. The predicted molar refractivity (Wildman–Crippen MR) is 126 cm³/mol. The molecule has 0 bridgehead atoms. The first-order chi connectivity index (χ1) is 15.5. The van der Waals surface area contributed by atoms with Gasteiger partial charge in [-0.3, -0.25) is 9.59 Å². The Bertz CT molecular complexity index is 979. The van der Waals surface area contributed by atoms with Crippen molar-refractivity contribution in [2.24, 2.45) is 5.41 Å². The molecule has 0 saturated carbocycles. The fourth-order valence-corrected chi connectivity index (χ4v) is 4.80. The number of nitrogens with zero attached hydrogens (tertiary/aromatic N) is 1. The second kappa shape index (κ2) is 9.70. The summed E-state index contributed by atoms with van der Waals surface area (Å²) in [6, 6.07) is 16.8. The number of ether oxygens (including phenoxy) is 1. The van der Waals surface area contributed by atoms with Crippen molar-refractivity contribution < 1.29 is 14.3 Å². The minimum Gasteiger partial charge on any atom is -0.368 e. The van der Waals surface area contributed by atoms with Gasteiger partial charge in [0.2, 0.25) is 5.91 Å². The third-order valence-electron chi connectivity index (χ3n) is 6.61. The van der Waals surface area contributed by atoms with E-state index in [1.807, 2.05) is 11.0 Å². The van der Waals surface area contributed by atoms with Crippen molar-refractivity contribution in [1.29, 1.82) is 0 Å². The zero-order valence-corrected chi connectivity index (χ0v) is 18.8. The Morgan fingerprint density at radius 3 is 2.75 bits per heavy atom. The van der Waals surface area contributed by atoms with E-state index >= 15 is 0 Å². The highest BCUT2D eigenvalue weighted by Gasteiger charge is 2.47. The summed E-state index contributed by atoms with van der Waals surface area (Å²) in [6.45, 7) is 7.86. The maximum absolute atomic E-state index is 13.3. The van der Waals surface area contributed by atoms with Crippen molar-refractivity contribution in [3.05, 3.63) is 72.3 Å². The molecule has 168 valence electrons. The van der Waals surface area contributed by atoms with E-state index in [-0.39, 0.29) is 17.9 Å². The van der Waals surface area contributed by atoms with Gasteiger partial charge >= 0.3 is 0 Å². The molecule has 2 saturated heterocycles. The number of hydrogen-bond donors (Lipinski definition) is 1. The van der Waals surface area contributed by atoms with Gasteiger partial charge < -0.3 is 15.0 Å². The van der Waals surface area contributed by atoms with Crippen LogP contribution in [0.25, 0.3) is 11.1 Å². The molecule has 0 unspecified atom stereocenters.